The van der Waals surface area contributed by atoms with Gasteiger partial charge in [0.1, 0.15) is 5.31 Å². The van der Waals surface area contributed by atoms with Gasteiger partial charge in [-0.05, 0) is 30.7 Å². The molecule has 0 unspecified atom stereocenters. The number of non-ortho nitro benzene ring substituents is 1. The molecule has 0 aromatic heterocycles. The van der Waals surface area contributed by atoms with Crippen LogP contribution >= 0.6 is 7.60 Å². The van der Waals surface area contributed by atoms with E-state index < -0.39 is 18.3 Å². The molecule has 0 saturated carbocycles. The van der Waals surface area contributed by atoms with Gasteiger partial charge in [0.25, 0.3) is 5.69 Å². The van der Waals surface area contributed by atoms with Crippen LogP contribution in [0.5, 0.6) is 0 Å². The minimum absolute atomic E-state index is 0.0757. The van der Waals surface area contributed by atoms with E-state index >= 15 is 0 Å². The second kappa shape index (κ2) is 6.56. The highest BCUT2D eigenvalue weighted by Crippen LogP contribution is 2.55. The molecule has 20 heavy (non-hydrogen) atoms. The van der Waals surface area contributed by atoms with Crippen molar-refractivity contribution in [1.82, 2.24) is 0 Å². The molecular weight excluding hydrogens is 285 g/mol. The molecule has 108 valence electrons. The summed E-state index contributed by atoms with van der Waals surface area (Å²) in [4.78, 5) is 21.6. The Morgan fingerprint density at radius 1 is 1.25 bits per heavy atom. The van der Waals surface area contributed by atoms with Crippen molar-refractivity contribution in [2.45, 2.75) is 6.92 Å². The molecule has 0 aliphatic rings. The van der Waals surface area contributed by atoms with Gasteiger partial charge < -0.3 is 9.05 Å². The molecule has 0 saturated heterocycles. The zero-order valence-electron chi connectivity index (χ0n) is 11.2. The quantitative estimate of drug-likeness (QED) is 0.347. The summed E-state index contributed by atoms with van der Waals surface area (Å²) >= 11 is 0. The van der Waals surface area contributed by atoms with Gasteiger partial charge >= 0.3 is 7.60 Å². The average Bonchev–Trinajstić information content (AvgIpc) is 2.44. The third-order valence-electron chi connectivity index (χ3n) is 2.54. The summed E-state index contributed by atoms with van der Waals surface area (Å²) in [6.07, 6.45) is 1.33. The predicted molar refractivity (Wildman–Crippen MR) is 73.4 cm³/mol. The van der Waals surface area contributed by atoms with Crippen molar-refractivity contribution < 1.29 is 23.3 Å². The summed E-state index contributed by atoms with van der Waals surface area (Å²) in [5.41, 5.74) is 0.406. The summed E-state index contributed by atoms with van der Waals surface area (Å²) in [5.74, 6) is -0.463. The summed E-state index contributed by atoms with van der Waals surface area (Å²) in [7, 11) is -1.31. The van der Waals surface area contributed by atoms with Crippen molar-refractivity contribution in [3.63, 3.8) is 0 Å². The summed E-state index contributed by atoms with van der Waals surface area (Å²) in [6, 6.07) is 5.45. The van der Waals surface area contributed by atoms with Crippen LogP contribution in [0, 0.1) is 10.1 Å². The highest BCUT2D eigenvalue weighted by atomic mass is 31.2. The molecule has 0 fully saturated rings. The maximum absolute atomic E-state index is 12.2. The number of nitro benzene ring substituents is 1. The number of carbonyl (C=O) groups excluding carboxylic acids is 1. The molecule has 0 bridgehead atoms. The van der Waals surface area contributed by atoms with Gasteiger partial charge in [-0.15, -0.1) is 0 Å². The van der Waals surface area contributed by atoms with Crippen LogP contribution in [0.2, 0.25) is 0 Å². The number of nitrogens with zero attached hydrogens (tertiary/aromatic N) is 1. The second-order valence-electron chi connectivity index (χ2n) is 3.80. The topological polar surface area (TPSA) is 95.7 Å². The van der Waals surface area contributed by atoms with Crippen molar-refractivity contribution in [2.75, 3.05) is 14.2 Å². The number of hydrogen-bond acceptors (Lipinski definition) is 6. The molecule has 1 aromatic carbocycles. The van der Waals surface area contributed by atoms with Gasteiger partial charge in [0, 0.05) is 26.4 Å². The van der Waals surface area contributed by atoms with E-state index in [-0.39, 0.29) is 11.0 Å². The van der Waals surface area contributed by atoms with Crippen molar-refractivity contribution >= 4 is 25.1 Å². The molecule has 1 rings (SSSR count). The van der Waals surface area contributed by atoms with Gasteiger partial charge in [0.15, 0.2) is 5.78 Å². The van der Waals surface area contributed by atoms with Crippen LogP contribution in [0.15, 0.2) is 29.6 Å². The Kier molecular flexibility index (Phi) is 5.33. The van der Waals surface area contributed by atoms with Crippen LogP contribution in [-0.2, 0) is 18.4 Å². The van der Waals surface area contributed by atoms with Crippen molar-refractivity contribution in [1.29, 1.82) is 0 Å². The summed E-state index contributed by atoms with van der Waals surface area (Å²) in [5, 5.41) is 10.4. The number of allylic oxidation sites excluding steroid dienone is 1. The number of benzene rings is 1. The SMILES string of the molecule is COP(=O)(OC)/C(=C/c1ccc([N+](=O)[O-])cc1)C(C)=O. The lowest BCUT2D eigenvalue weighted by molar-refractivity contribution is -0.384. The minimum atomic E-state index is -3.67. The van der Waals surface area contributed by atoms with Crippen LogP contribution in [0.1, 0.15) is 12.5 Å². The van der Waals surface area contributed by atoms with Gasteiger partial charge in [0.2, 0.25) is 0 Å². The molecule has 0 radical (unpaired) electrons. The molecule has 0 heterocycles. The second-order valence-corrected chi connectivity index (χ2v) is 6.00. The molecule has 0 atom stereocenters. The lowest BCUT2D eigenvalue weighted by atomic mass is 10.2. The standard InChI is InChI=1S/C12H14NO6P/c1-9(14)12(20(17,18-2)19-3)8-10-4-6-11(7-5-10)13(15)16/h4-8H,1-3H3/b12-8+. The Morgan fingerprint density at radius 3 is 2.10 bits per heavy atom. The Labute approximate surface area is 115 Å². The van der Waals surface area contributed by atoms with Gasteiger partial charge in [-0.25, -0.2) is 0 Å². The van der Waals surface area contributed by atoms with Crippen LogP contribution < -0.4 is 0 Å². The molecule has 0 aliphatic heterocycles. The van der Waals surface area contributed by atoms with E-state index in [0.717, 1.165) is 0 Å². The van der Waals surface area contributed by atoms with E-state index in [2.05, 4.69) is 0 Å². The molecule has 0 amide bonds. The van der Waals surface area contributed by atoms with Gasteiger partial charge in [0.05, 0.1) is 4.92 Å². The minimum Gasteiger partial charge on any atom is -0.308 e. The Morgan fingerprint density at radius 2 is 1.75 bits per heavy atom. The Hall–Kier alpha value is -1.82. The van der Waals surface area contributed by atoms with Gasteiger partial charge in [-0.2, -0.15) is 0 Å². The first-order valence-corrected chi connectivity index (χ1v) is 7.07. The number of nitro groups is 1. The number of rotatable bonds is 6. The first-order valence-electron chi connectivity index (χ1n) is 5.53. The summed E-state index contributed by atoms with van der Waals surface area (Å²) in [6.45, 7) is 1.24. The zero-order valence-corrected chi connectivity index (χ0v) is 12.1. The maximum Gasteiger partial charge on any atom is 0.364 e. The van der Waals surface area contributed by atoms with Crippen LogP contribution in [0.4, 0.5) is 5.69 Å². The summed E-state index contributed by atoms with van der Waals surface area (Å²) < 4.78 is 21.8. The number of hydrogen-bond donors (Lipinski definition) is 0. The van der Waals surface area contributed by atoms with Crippen LogP contribution in [0.3, 0.4) is 0 Å². The fourth-order valence-electron chi connectivity index (χ4n) is 1.49. The first kappa shape index (κ1) is 16.2. The zero-order chi connectivity index (χ0) is 15.3. The molecule has 8 heteroatoms. The van der Waals surface area contributed by atoms with Crippen molar-refractivity contribution in [2.24, 2.45) is 0 Å². The average molecular weight is 299 g/mol. The molecule has 1 aromatic rings. The van der Waals surface area contributed by atoms with Crippen molar-refractivity contribution in [3.8, 4) is 0 Å². The Balaban J connectivity index is 3.25. The van der Waals surface area contributed by atoms with Crippen LogP contribution in [0.25, 0.3) is 6.08 Å². The highest BCUT2D eigenvalue weighted by Gasteiger charge is 2.30. The number of carbonyl (C=O) groups is 1. The molecule has 7 nitrogen and oxygen atoms in total. The van der Waals surface area contributed by atoms with E-state index in [1.54, 1.807) is 0 Å². The van der Waals surface area contributed by atoms with E-state index in [1.165, 1.54) is 51.5 Å². The third-order valence-corrected chi connectivity index (χ3v) is 4.54. The largest absolute Gasteiger partial charge is 0.364 e. The fourth-order valence-corrected chi connectivity index (χ4v) is 2.73. The van der Waals surface area contributed by atoms with E-state index in [0.29, 0.717) is 5.56 Å². The lowest BCUT2D eigenvalue weighted by Gasteiger charge is -2.15. The number of Topliss-reactive ketones (excluding diaryl/α,β-unsaturated/α-hetero) is 1. The predicted octanol–water partition coefficient (Wildman–Crippen LogP) is 3.01. The highest BCUT2D eigenvalue weighted by molar-refractivity contribution is 7.60. The fraction of sp³-hybridized carbons (Fsp3) is 0.250. The van der Waals surface area contributed by atoms with E-state index in [1.807, 2.05) is 0 Å². The van der Waals surface area contributed by atoms with Crippen LogP contribution in [-0.4, -0.2) is 24.9 Å². The Bertz CT molecular complexity index is 584. The third kappa shape index (κ3) is 3.60. The van der Waals surface area contributed by atoms with E-state index in [9.17, 15) is 19.5 Å². The monoisotopic (exact) mass is 299 g/mol. The van der Waals surface area contributed by atoms with Gasteiger partial charge in [-0.3, -0.25) is 19.5 Å². The molecular formula is C12H14NO6P. The molecule has 0 aliphatic carbocycles. The number of ketones is 1. The smallest absolute Gasteiger partial charge is 0.308 e. The first-order chi connectivity index (χ1) is 9.34. The normalized spacial score (nSPS) is 12.2. The molecule has 0 spiro atoms. The maximum atomic E-state index is 12.2. The molecule has 0 N–H and O–H groups in total. The van der Waals surface area contributed by atoms with Crippen molar-refractivity contribution in [3.05, 3.63) is 45.3 Å². The lowest BCUT2D eigenvalue weighted by Crippen LogP contribution is -2.01. The van der Waals surface area contributed by atoms with Gasteiger partial charge in [-0.1, -0.05) is 0 Å². The van der Waals surface area contributed by atoms with E-state index in [4.69, 9.17) is 9.05 Å².